The molecule has 1 fully saturated rings. The van der Waals surface area contributed by atoms with Crippen LogP contribution in [0.3, 0.4) is 0 Å². The molecule has 1 saturated heterocycles. The fraction of sp³-hybridized carbons (Fsp3) is 0.750. The van der Waals surface area contributed by atoms with Gasteiger partial charge in [-0.1, -0.05) is 6.42 Å². The minimum absolute atomic E-state index is 0.773. The summed E-state index contributed by atoms with van der Waals surface area (Å²) in [6.45, 7) is 3.24. The highest BCUT2D eigenvalue weighted by molar-refractivity contribution is 7.07. The van der Waals surface area contributed by atoms with Crippen molar-refractivity contribution < 1.29 is 0 Å². The number of nitrogens with zero attached hydrogens (tertiary/aromatic N) is 1. The Morgan fingerprint density at radius 3 is 3.25 bits per heavy atom. The Balaban J connectivity index is 1.48. The highest BCUT2D eigenvalue weighted by Crippen LogP contribution is 2.11. The molecule has 0 spiro atoms. The van der Waals surface area contributed by atoms with E-state index in [-0.39, 0.29) is 0 Å². The van der Waals surface area contributed by atoms with Crippen LogP contribution in [0.4, 0.5) is 0 Å². The van der Waals surface area contributed by atoms with Crippen LogP contribution < -0.4 is 10.6 Å². The van der Waals surface area contributed by atoms with Gasteiger partial charge in [0.25, 0.3) is 0 Å². The van der Waals surface area contributed by atoms with Crippen molar-refractivity contribution in [3.05, 3.63) is 16.6 Å². The van der Waals surface area contributed by atoms with E-state index in [1.807, 2.05) is 5.51 Å². The zero-order chi connectivity index (χ0) is 11.1. The van der Waals surface area contributed by atoms with Gasteiger partial charge in [-0.25, -0.2) is 4.98 Å². The van der Waals surface area contributed by atoms with E-state index in [4.69, 9.17) is 0 Å². The first-order valence-electron chi connectivity index (χ1n) is 6.26. The molecule has 0 aliphatic carbocycles. The van der Waals surface area contributed by atoms with Gasteiger partial charge >= 0.3 is 0 Å². The van der Waals surface area contributed by atoms with Crippen LogP contribution in [0.25, 0.3) is 0 Å². The molecule has 1 aliphatic rings. The predicted molar refractivity (Wildman–Crippen MR) is 68.7 cm³/mol. The Labute approximate surface area is 102 Å². The summed E-state index contributed by atoms with van der Waals surface area (Å²) in [6.07, 6.45) is 6.71. The molecule has 2 rings (SSSR count). The maximum absolute atomic E-state index is 4.25. The second kappa shape index (κ2) is 6.99. The minimum Gasteiger partial charge on any atom is -0.314 e. The average molecular weight is 239 g/mol. The third kappa shape index (κ3) is 4.20. The molecule has 4 heteroatoms. The monoisotopic (exact) mass is 239 g/mol. The summed E-state index contributed by atoms with van der Waals surface area (Å²) in [5.74, 6) is 0. The lowest BCUT2D eigenvalue weighted by atomic mass is 10.0. The van der Waals surface area contributed by atoms with E-state index in [0.717, 1.165) is 19.1 Å². The molecular weight excluding hydrogens is 218 g/mol. The van der Waals surface area contributed by atoms with E-state index in [1.54, 1.807) is 11.3 Å². The normalized spacial score (nSPS) is 21.1. The number of piperidine rings is 1. The Morgan fingerprint density at radius 2 is 2.50 bits per heavy atom. The summed E-state index contributed by atoms with van der Waals surface area (Å²) >= 11 is 1.66. The minimum atomic E-state index is 0.773. The summed E-state index contributed by atoms with van der Waals surface area (Å²) in [4.78, 5) is 4.25. The van der Waals surface area contributed by atoms with E-state index in [9.17, 15) is 0 Å². The molecule has 0 saturated carbocycles. The van der Waals surface area contributed by atoms with Crippen molar-refractivity contribution in [1.29, 1.82) is 0 Å². The average Bonchev–Trinajstić information content (AvgIpc) is 2.83. The van der Waals surface area contributed by atoms with Crippen LogP contribution in [0.1, 0.15) is 37.8 Å². The van der Waals surface area contributed by atoms with E-state index in [2.05, 4.69) is 21.0 Å². The van der Waals surface area contributed by atoms with Crippen LogP contribution in [0.2, 0.25) is 0 Å². The molecule has 0 amide bonds. The second-order valence-electron chi connectivity index (χ2n) is 4.45. The smallest absolute Gasteiger partial charge is 0.0795 e. The van der Waals surface area contributed by atoms with Crippen molar-refractivity contribution in [2.75, 3.05) is 13.1 Å². The molecule has 1 aliphatic heterocycles. The summed E-state index contributed by atoms with van der Waals surface area (Å²) in [6, 6.07) is 0.773. The SMILES string of the molecule is c1nc(CNCCCC2CCCCN2)cs1. The fourth-order valence-electron chi connectivity index (χ4n) is 2.19. The molecule has 3 nitrogen and oxygen atoms in total. The Bertz CT molecular complexity index is 268. The molecule has 0 radical (unpaired) electrons. The van der Waals surface area contributed by atoms with E-state index in [1.165, 1.54) is 44.3 Å². The van der Waals surface area contributed by atoms with Gasteiger partial charge in [0.15, 0.2) is 0 Å². The summed E-state index contributed by atoms with van der Waals surface area (Å²) in [5, 5.41) is 9.14. The van der Waals surface area contributed by atoms with Gasteiger partial charge in [0.2, 0.25) is 0 Å². The zero-order valence-corrected chi connectivity index (χ0v) is 10.6. The van der Waals surface area contributed by atoms with Gasteiger partial charge in [0.1, 0.15) is 0 Å². The molecule has 1 aromatic rings. The van der Waals surface area contributed by atoms with Gasteiger partial charge in [-0.15, -0.1) is 11.3 Å². The van der Waals surface area contributed by atoms with Crippen molar-refractivity contribution in [2.45, 2.75) is 44.7 Å². The third-order valence-corrected chi connectivity index (χ3v) is 3.74. The molecule has 16 heavy (non-hydrogen) atoms. The predicted octanol–water partition coefficient (Wildman–Crippen LogP) is 2.16. The first kappa shape index (κ1) is 12.0. The molecule has 90 valence electrons. The lowest BCUT2D eigenvalue weighted by Gasteiger charge is -2.23. The first-order chi connectivity index (χ1) is 7.95. The van der Waals surface area contributed by atoms with Crippen LogP contribution >= 0.6 is 11.3 Å². The van der Waals surface area contributed by atoms with Crippen LogP contribution in [0.5, 0.6) is 0 Å². The number of aromatic nitrogens is 1. The zero-order valence-electron chi connectivity index (χ0n) is 9.74. The van der Waals surface area contributed by atoms with Gasteiger partial charge in [0, 0.05) is 18.0 Å². The van der Waals surface area contributed by atoms with Crippen molar-refractivity contribution in [3.63, 3.8) is 0 Å². The quantitative estimate of drug-likeness (QED) is 0.747. The number of hydrogen-bond acceptors (Lipinski definition) is 4. The molecule has 2 heterocycles. The topological polar surface area (TPSA) is 37.0 Å². The number of hydrogen-bond donors (Lipinski definition) is 2. The maximum Gasteiger partial charge on any atom is 0.0795 e. The van der Waals surface area contributed by atoms with Gasteiger partial charge < -0.3 is 10.6 Å². The highest BCUT2D eigenvalue weighted by atomic mass is 32.1. The second-order valence-corrected chi connectivity index (χ2v) is 5.16. The van der Waals surface area contributed by atoms with E-state index < -0.39 is 0 Å². The molecule has 0 bridgehead atoms. The lowest BCUT2D eigenvalue weighted by molar-refractivity contribution is 0.373. The van der Waals surface area contributed by atoms with Gasteiger partial charge in [-0.05, 0) is 38.8 Å². The maximum atomic E-state index is 4.25. The van der Waals surface area contributed by atoms with Gasteiger partial charge in [-0.2, -0.15) is 0 Å². The van der Waals surface area contributed by atoms with Gasteiger partial charge in [0.05, 0.1) is 11.2 Å². The lowest BCUT2D eigenvalue weighted by Crippen LogP contribution is -2.34. The van der Waals surface area contributed by atoms with E-state index in [0.29, 0.717) is 0 Å². The molecule has 1 unspecified atom stereocenters. The van der Waals surface area contributed by atoms with Gasteiger partial charge in [-0.3, -0.25) is 0 Å². The van der Waals surface area contributed by atoms with Crippen molar-refractivity contribution >= 4 is 11.3 Å². The van der Waals surface area contributed by atoms with Crippen molar-refractivity contribution in [3.8, 4) is 0 Å². The van der Waals surface area contributed by atoms with Crippen LogP contribution in [-0.2, 0) is 6.54 Å². The standard InChI is InChI=1S/C12H21N3S/c1-2-7-14-11(4-1)5-3-6-13-8-12-9-16-10-15-12/h9-11,13-14H,1-8H2. The first-order valence-corrected chi connectivity index (χ1v) is 7.20. The third-order valence-electron chi connectivity index (χ3n) is 3.11. The Morgan fingerprint density at radius 1 is 1.50 bits per heavy atom. The van der Waals surface area contributed by atoms with Crippen LogP contribution in [0.15, 0.2) is 10.9 Å². The fourth-order valence-corrected chi connectivity index (χ4v) is 2.74. The number of thiazole rings is 1. The largest absolute Gasteiger partial charge is 0.314 e. The summed E-state index contributed by atoms with van der Waals surface area (Å²) in [5.41, 5.74) is 3.06. The molecule has 1 aromatic heterocycles. The molecule has 0 aromatic carbocycles. The molecule has 1 atom stereocenters. The van der Waals surface area contributed by atoms with Crippen molar-refractivity contribution in [2.24, 2.45) is 0 Å². The summed E-state index contributed by atoms with van der Waals surface area (Å²) in [7, 11) is 0. The molecular formula is C12H21N3S. The van der Waals surface area contributed by atoms with Crippen LogP contribution in [-0.4, -0.2) is 24.1 Å². The van der Waals surface area contributed by atoms with Crippen LogP contribution in [0, 0.1) is 0 Å². The highest BCUT2D eigenvalue weighted by Gasteiger charge is 2.11. The molecule has 2 N–H and O–H groups in total. The van der Waals surface area contributed by atoms with E-state index >= 15 is 0 Å². The Kier molecular flexibility index (Phi) is 5.25. The number of nitrogens with one attached hydrogen (secondary N) is 2. The Hall–Kier alpha value is -0.450. The summed E-state index contributed by atoms with van der Waals surface area (Å²) < 4.78 is 0. The number of rotatable bonds is 6. The van der Waals surface area contributed by atoms with Crippen molar-refractivity contribution in [1.82, 2.24) is 15.6 Å².